The van der Waals surface area contributed by atoms with Crippen molar-refractivity contribution < 1.29 is 23.7 Å². The van der Waals surface area contributed by atoms with Gasteiger partial charge in [0.1, 0.15) is 0 Å². The van der Waals surface area contributed by atoms with Crippen LogP contribution in [-0.2, 0) is 23.7 Å². The molecule has 0 saturated carbocycles. The highest BCUT2D eigenvalue weighted by Gasteiger charge is 2.56. The number of hydrogen-bond acceptors (Lipinski definition) is 5. The zero-order valence-electron chi connectivity index (χ0n) is 9.12. The summed E-state index contributed by atoms with van der Waals surface area (Å²) in [7, 11) is 2.91. The van der Waals surface area contributed by atoms with E-state index in [1.807, 2.05) is 0 Å². The van der Waals surface area contributed by atoms with Gasteiger partial charge >= 0.3 is 5.97 Å². The van der Waals surface area contributed by atoms with Crippen molar-refractivity contribution in [3.63, 3.8) is 0 Å². The van der Waals surface area contributed by atoms with Crippen LogP contribution in [0.3, 0.4) is 0 Å². The van der Waals surface area contributed by atoms with Gasteiger partial charge in [-0.15, -0.1) is 0 Å². The van der Waals surface area contributed by atoms with Crippen molar-refractivity contribution in [1.82, 2.24) is 0 Å². The van der Waals surface area contributed by atoms with Crippen molar-refractivity contribution in [3.05, 3.63) is 0 Å². The summed E-state index contributed by atoms with van der Waals surface area (Å²) in [5, 5.41) is 0. The molecule has 0 amide bonds. The van der Waals surface area contributed by atoms with Crippen LogP contribution in [0, 0.1) is 0 Å². The Morgan fingerprint density at radius 1 is 1.21 bits per heavy atom. The smallest absolute Gasteiger partial charge is 0.337 e. The van der Waals surface area contributed by atoms with Crippen LogP contribution in [0.15, 0.2) is 0 Å². The molecule has 82 valence electrons. The van der Waals surface area contributed by atoms with Crippen molar-refractivity contribution >= 4 is 5.97 Å². The second kappa shape index (κ2) is 3.49. The molecule has 0 N–H and O–H groups in total. The second-order valence-corrected chi connectivity index (χ2v) is 3.48. The monoisotopic (exact) mass is 204 g/mol. The first kappa shape index (κ1) is 11.4. The summed E-state index contributed by atoms with van der Waals surface area (Å²) >= 11 is 0. The molecule has 3 atom stereocenters. The zero-order valence-corrected chi connectivity index (χ0v) is 9.12. The molecule has 0 bridgehead atoms. The predicted molar refractivity (Wildman–Crippen MR) is 47.5 cm³/mol. The third-order valence-corrected chi connectivity index (χ3v) is 2.63. The molecule has 0 spiro atoms. The quantitative estimate of drug-likeness (QED) is 0.619. The molecule has 0 radical (unpaired) electrons. The Hall–Kier alpha value is -0.650. The van der Waals surface area contributed by atoms with Gasteiger partial charge < -0.3 is 18.9 Å². The van der Waals surface area contributed by atoms with E-state index in [1.54, 1.807) is 20.8 Å². The van der Waals surface area contributed by atoms with Gasteiger partial charge in [-0.25, -0.2) is 4.79 Å². The Balaban J connectivity index is 2.97. The second-order valence-electron chi connectivity index (χ2n) is 3.48. The molecule has 1 saturated heterocycles. The first-order valence-electron chi connectivity index (χ1n) is 4.39. The summed E-state index contributed by atoms with van der Waals surface area (Å²) in [6.07, 6.45) is -0.650. The highest BCUT2D eigenvalue weighted by molar-refractivity contribution is 5.75. The number of carbonyl (C=O) groups is 1. The molecule has 0 aromatic rings. The van der Waals surface area contributed by atoms with E-state index in [0.29, 0.717) is 0 Å². The predicted octanol–water partition coefficient (Wildman–Crippen LogP) is 0.673. The third kappa shape index (κ3) is 1.51. The van der Waals surface area contributed by atoms with E-state index in [-0.39, 0.29) is 0 Å². The zero-order chi connectivity index (χ0) is 11.0. The Morgan fingerprint density at radius 2 is 1.71 bits per heavy atom. The molecule has 5 heteroatoms. The average Bonchev–Trinajstić information content (AvgIpc) is 2.15. The van der Waals surface area contributed by atoms with E-state index in [0.717, 1.165) is 0 Å². The summed E-state index contributed by atoms with van der Waals surface area (Å²) in [5.74, 6) is -2.76. The lowest BCUT2D eigenvalue weighted by Gasteiger charge is -2.47. The molecule has 0 unspecified atom stereocenters. The van der Waals surface area contributed by atoms with Gasteiger partial charge in [-0.2, -0.15) is 0 Å². The van der Waals surface area contributed by atoms with Gasteiger partial charge in [-0.05, 0) is 13.8 Å². The van der Waals surface area contributed by atoms with Gasteiger partial charge in [0.2, 0.25) is 5.79 Å². The van der Waals surface area contributed by atoms with Gasteiger partial charge in [0.15, 0.2) is 6.10 Å². The van der Waals surface area contributed by atoms with Crippen LogP contribution < -0.4 is 0 Å². The maximum Gasteiger partial charge on any atom is 0.337 e. The van der Waals surface area contributed by atoms with Gasteiger partial charge in [0, 0.05) is 21.1 Å². The van der Waals surface area contributed by atoms with Crippen LogP contribution >= 0.6 is 0 Å². The standard InChI is InChI=1S/C9H16O5/c1-6-7(10)14-9(3,12-5)8(2,11-4)13-6/h6H,1-5H3/t6-,8-,9-/m0/s1. The maximum atomic E-state index is 11.3. The molecule has 1 aliphatic heterocycles. The first-order valence-corrected chi connectivity index (χ1v) is 4.39. The number of esters is 1. The lowest BCUT2D eigenvalue weighted by Crippen LogP contribution is -2.63. The van der Waals surface area contributed by atoms with Crippen molar-refractivity contribution in [2.45, 2.75) is 38.4 Å². The highest BCUT2D eigenvalue weighted by Crippen LogP contribution is 2.36. The first-order chi connectivity index (χ1) is 6.38. The van der Waals surface area contributed by atoms with E-state index < -0.39 is 23.6 Å². The van der Waals surface area contributed by atoms with Gasteiger partial charge in [-0.1, -0.05) is 0 Å². The molecule has 14 heavy (non-hydrogen) atoms. The molecular weight excluding hydrogens is 188 g/mol. The van der Waals surface area contributed by atoms with E-state index in [4.69, 9.17) is 18.9 Å². The van der Waals surface area contributed by atoms with Gasteiger partial charge in [0.25, 0.3) is 5.79 Å². The summed E-state index contributed by atoms with van der Waals surface area (Å²) in [6.45, 7) is 4.87. The number of hydrogen-bond donors (Lipinski definition) is 0. The fourth-order valence-electron chi connectivity index (χ4n) is 1.32. The van der Waals surface area contributed by atoms with E-state index in [1.165, 1.54) is 14.2 Å². The summed E-state index contributed by atoms with van der Waals surface area (Å²) in [4.78, 5) is 11.3. The summed E-state index contributed by atoms with van der Waals surface area (Å²) in [6, 6.07) is 0. The largest absolute Gasteiger partial charge is 0.425 e. The Bertz CT molecular complexity index is 241. The molecule has 0 aromatic heterocycles. The number of ether oxygens (including phenoxy) is 4. The maximum absolute atomic E-state index is 11.3. The Morgan fingerprint density at radius 3 is 2.14 bits per heavy atom. The molecule has 1 heterocycles. The molecule has 1 aliphatic rings. The van der Waals surface area contributed by atoms with Gasteiger partial charge in [0.05, 0.1) is 0 Å². The lowest BCUT2D eigenvalue weighted by molar-refractivity contribution is -0.404. The van der Waals surface area contributed by atoms with Crippen molar-refractivity contribution in [2.75, 3.05) is 14.2 Å². The minimum absolute atomic E-state index is 0.455. The fraction of sp³-hybridized carbons (Fsp3) is 0.889. The van der Waals surface area contributed by atoms with Crippen LogP contribution in [0.5, 0.6) is 0 Å². The van der Waals surface area contributed by atoms with Crippen LogP contribution in [0.1, 0.15) is 20.8 Å². The Labute approximate surface area is 83.3 Å². The fourth-order valence-corrected chi connectivity index (χ4v) is 1.32. The van der Waals surface area contributed by atoms with Gasteiger partial charge in [-0.3, -0.25) is 0 Å². The normalized spacial score (nSPS) is 43.5. The molecule has 1 fully saturated rings. The molecule has 0 aromatic carbocycles. The minimum Gasteiger partial charge on any atom is -0.425 e. The topological polar surface area (TPSA) is 54.0 Å². The summed E-state index contributed by atoms with van der Waals surface area (Å²) in [5.41, 5.74) is 0. The summed E-state index contributed by atoms with van der Waals surface area (Å²) < 4.78 is 20.8. The molecule has 1 rings (SSSR count). The number of methoxy groups -OCH3 is 2. The van der Waals surface area contributed by atoms with Crippen LogP contribution in [0.4, 0.5) is 0 Å². The van der Waals surface area contributed by atoms with E-state index in [9.17, 15) is 4.79 Å². The third-order valence-electron chi connectivity index (χ3n) is 2.63. The molecule has 0 aliphatic carbocycles. The van der Waals surface area contributed by atoms with Crippen molar-refractivity contribution in [3.8, 4) is 0 Å². The number of cyclic esters (lactones) is 1. The van der Waals surface area contributed by atoms with Crippen LogP contribution in [-0.4, -0.2) is 37.9 Å². The van der Waals surface area contributed by atoms with E-state index >= 15 is 0 Å². The van der Waals surface area contributed by atoms with E-state index in [2.05, 4.69) is 0 Å². The van der Waals surface area contributed by atoms with Crippen molar-refractivity contribution in [1.29, 1.82) is 0 Å². The number of rotatable bonds is 2. The average molecular weight is 204 g/mol. The highest BCUT2D eigenvalue weighted by atomic mass is 16.8. The molecular formula is C9H16O5. The molecule has 5 nitrogen and oxygen atoms in total. The van der Waals surface area contributed by atoms with Crippen molar-refractivity contribution in [2.24, 2.45) is 0 Å². The SMILES string of the molecule is CO[C@@]1(C)OC(=O)[C@H](C)O[C@]1(C)OC. The van der Waals surface area contributed by atoms with Crippen LogP contribution in [0.2, 0.25) is 0 Å². The lowest BCUT2D eigenvalue weighted by atomic mass is 10.1. The minimum atomic E-state index is -1.22. The van der Waals surface area contributed by atoms with Crippen LogP contribution in [0.25, 0.3) is 0 Å². The number of carbonyl (C=O) groups excluding carboxylic acids is 1. The Kier molecular flexibility index (Phi) is 2.85.